The smallest absolute Gasteiger partial charge is 0.234 e. The summed E-state index contributed by atoms with van der Waals surface area (Å²) in [5.74, 6) is 1.20. The molecule has 7 nitrogen and oxygen atoms in total. The van der Waals surface area contributed by atoms with Crippen LogP contribution >= 0.6 is 11.8 Å². The lowest BCUT2D eigenvalue weighted by molar-refractivity contribution is -0.113. The van der Waals surface area contributed by atoms with Crippen molar-refractivity contribution in [3.63, 3.8) is 0 Å². The Balaban J connectivity index is 1.49. The predicted octanol–water partition coefficient (Wildman–Crippen LogP) is 5.73. The molecular weight excluding hydrogens is 460 g/mol. The monoisotopic (exact) mass is 486 g/mol. The molecule has 0 unspecified atom stereocenters. The maximum absolute atomic E-state index is 12.6. The lowest BCUT2D eigenvalue weighted by Crippen LogP contribution is -2.14. The summed E-state index contributed by atoms with van der Waals surface area (Å²) in [6.45, 7) is 4.85. The van der Waals surface area contributed by atoms with Crippen LogP contribution < -0.4 is 14.8 Å². The number of benzene rings is 3. The zero-order valence-electron chi connectivity index (χ0n) is 19.6. The molecule has 0 fully saturated rings. The van der Waals surface area contributed by atoms with Gasteiger partial charge in [-0.25, -0.2) is 4.98 Å². The first-order valence-electron chi connectivity index (χ1n) is 11.4. The van der Waals surface area contributed by atoms with E-state index in [0.29, 0.717) is 41.3 Å². The Hall–Kier alpha value is -3.91. The molecule has 0 saturated heterocycles. The third kappa shape index (κ3) is 6.36. The zero-order chi connectivity index (χ0) is 24.5. The van der Waals surface area contributed by atoms with Crippen molar-refractivity contribution in [1.29, 1.82) is 0 Å². The van der Waals surface area contributed by atoms with Gasteiger partial charge >= 0.3 is 0 Å². The van der Waals surface area contributed by atoms with Gasteiger partial charge in [-0.2, -0.15) is 0 Å². The van der Waals surface area contributed by atoms with E-state index in [1.54, 1.807) is 18.2 Å². The second kappa shape index (κ2) is 12.0. The molecule has 1 heterocycles. The Morgan fingerprint density at radius 1 is 0.800 bits per heavy atom. The standard InChI is InChI=1S/C27H26N4O3S/c1-3-33-22-16-15-21(17-23(22)34-4-2)28-24(32)18-35-27-29-25(19-11-7-5-8-12-19)26(30-31-27)20-13-9-6-10-14-20/h5-17H,3-4,18H2,1-2H3,(H,28,32). The van der Waals surface area contributed by atoms with Gasteiger partial charge in [0, 0.05) is 22.9 Å². The van der Waals surface area contributed by atoms with Crippen molar-refractivity contribution in [2.45, 2.75) is 19.0 Å². The number of aromatic nitrogens is 3. The van der Waals surface area contributed by atoms with Gasteiger partial charge in [-0.1, -0.05) is 72.4 Å². The van der Waals surface area contributed by atoms with Crippen LogP contribution in [0.5, 0.6) is 11.5 Å². The van der Waals surface area contributed by atoms with E-state index in [0.717, 1.165) is 16.8 Å². The second-order valence-electron chi connectivity index (χ2n) is 7.39. The molecule has 4 aromatic rings. The molecule has 3 aromatic carbocycles. The van der Waals surface area contributed by atoms with E-state index in [4.69, 9.17) is 14.5 Å². The molecule has 1 amide bonds. The molecule has 35 heavy (non-hydrogen) atoms. The van der Waals surface area contributed by atoms with Crippen LogP contribution in [-0.4, -0.2) is 40.1 Å². The first kappa shape index (κ1) is 24.2. The van der Waals surface area contributed by atoms with Crippen LogP contribution in [0.4, 0.5) is 5.69 Å². The van der Waals surface area contributed by atoms with Crippen molar-refractivity contribution in [2.75, 3.05) is 24.3 Å². The van der Waals surface area contributed by atoms with Crippen LogP contribution in [0.2, 0.25) is 0 Å². The quantitative estimate of drug-likeness (QED) is 0.286. The molecule has 178 valence electrons. The summed E-state index contributed by atoms with van der Waals surface area (Å²) in [4.78, 5) is 17.4. The summed E-state index contributed by atoms with van der Waals surface area (Å²) in [5.41, 5.74) is 3.92. The van der Waals surface area contributed by atoms with E-state index in [1.807, 2.05) is 74.5 Å². The van der Waals surface area contributed by atoms with Crippen LogP contribution in [0.1, 0.15) is 13.8 Å². The Bertz CT molecular complexity index is 1270. The Kier molecular flexibility index (Phi) is 8.30. The van der Waals surface area contributed by atoms with Gasteiger partial charge in [0.15, 0.2) is 11.5 Å². The minimum atomic E-state index is -0.182. The molecule has 0 aliphatic rings. The normalized spacial score (nSPS) is 10.6. The number of amides is 1. The first-order chi connectivity index (χ1) is 17.2. The molecule has 0 aliphatic carbocycles. The highest BCUT2D eigenvalue weighted by atomic mass is 32.2. The number of rotatable bonds is 10. The van der Waals surface area contributed by atoms with E-state index in [1.165, 1.54) is 11.8 Å². The first-order valence-corrected chi connectivity index (χ1v) is 12.3. The highest BCUT2D eigenvalue weighted by Crippen LogP contribution is 2.31. The van der Waals surface area contributed by atoms with Gasteiger partial charge in [0.25, 0.3) is 0 Å². The van der Waals surface area contributed by atoms with Crippen molar-refractivity contribution in [3.8, 4) is 34.0 Å². The molecular formula is C27H26N4O3S. The molecule has 0 bridgehead atoms. The summed E-state index contributed by atoms with van der Waals surface area (Å²) in [7, 11) is 0. The highest BCUT2D eigenvalue weighted by molar-refractivity contribution is 7.99. The number of anilines is 1. The summed E-state index contributed by atoms with van der Waals surface area (Å²) in [6.07, 6.45) is 0. The summed E-state index contributed by atoms with van der Waals surface area (Å²) in [5, 5.41) is 12.1. The largest absolute Gasteiger partial charge is 0.490 e. The molecule has 1 N–H and O–H groups in total. The Labute approximate surface area is 208 Å². The van der Waals surface area contributed by atoms with Crippen LogP contribution in [0.25, 0.3) is 22.5 Å². The topological polar surface area (TPSA) is 86.2 Å². The number of carbonyl (C=O) groups is 1. The molecule has 8 heteroatoms. The van der Waals surface area contributed by atoms with Crippen LogP contribution in [0, 0.1) is 0 Å². The number of hydrogen-bond donors (Lipinski definition) is 1. The van der Waals surface area contributed by atoms with Gasteiger partial charge in [0.05, 0.1) is 19.0 Å². The SMILES string of the molecule is CCOc1ccc(NC(=O)CSc2nnc(-c3ccccc3)c(-c3ccccc3)n2)cc1OCC. The minimum Gasteiger partial charge on any atom is -0.490 e. The summed E-state index contributed by atoms with van der Waals surface area (Å²) >= 11 is 1.23. The number of ether oxygens (including phenoxy) is 2. The van der Waals surface area contributed by atoms with Crippen molar-refractivity contribution in [1.82, 2.24) is 15.2 Å². The number of nitrogens with zero attached hydrogens (tertiary/aromatic N) is 3. The average Bonchev–Trinajstić information content (AvgIpc) is 2.90. The Morgan fingerprint density at radius 3 is 2.09 bits per heavy atom. The molecule has 0 radical (unpaired) electrons. The number of nitrogens with one attached hydrogen (secondary N) is 1. The highest BCUT2D eigenvalue weighted by Gasteiger charge is 2.15. The lowest BCUT2D eigenvalue weighted by atomic mass is 10.0. The molecule has 1 aromatic heterocycles. The predicted molar refractivity (Wildman–Crippen MR) is 139 cm³/mol. The third-order valence-electron chi connectivity index (χ3n) is 4.92. The van der Waals surface area contributed by atoms with Gasteiger partial charge in [-0.15, -0.1) is 10.2 Å². The lowest BCUT2D eigenvalue weighted by Gasteiger charge is -2.13. The zero-order valence-corrected chi connectivity index (χ0v) is 20.4. The van der Waals surface area contributed by atoms with Gasteiger partial charge in [0.1, 0.15) is 11.4 Å². The maximum Gasteiger partial charge on any atom is 0.234 e. The van der Waals surface area contributed by atoms with E-state index in [9.17, 15) is 4.79 Å². The van der Waals surface area contributed by atoms with E-state index < -0.39 is 0 Å². The van der Waals surface area contributed by atoms with Crippen LogP contribution in [0.3, 0.4) is 0 Å². The van der Waals surface area contributed by atoms with Crippen molar-refractivity contribution < 1.29 is 14.3 Å². The number of hydrogen-bond acceptors (Lipinski definition) is 7. The summed E-state index contributed by atoms with van der Waals surface area (Å²) < 4.78 is 11.2. The van der Waals surface area contributed by atoms with Crippen molar-refractivity contribution >= 4 is 23.4 Å². The number of carbonyl (C=O) groups excluding carboxylic acids is 1. The fourth-order valence-corrected chi connectivity index (χ4v) is 4.00. The van der Waals surface area contributed by atoms with Gasteiger partial charge in [0.2, 0.25) is 11.1 Å². The van der Waals surface area contributed by atoms with E-state index in [2.05, 4.69) is 15.5 Å². The molecule has 0 aliphatic heterocycles. The average molecular weight is 487 g/mol. The van der Waals surface area contributed by atoms with Gasteiger partial charge < -0.3 is 14.8 Å². The molecule has 0 saturated carbocycles. The van der Waals surface area contributed by atoms with Crippen LogP contribution in [-0.2, 0) is 4.79 Å². The molecule has 4 rings (SSSR count). The molecule has 0 spiro atoms. The third-order valence-corrected chi connectivity index (χ3v) is 5.76. The van der Waals surface area contributed by atoms with Gasteiger partial charge in [-0.3, -0.25) is 4.79 Å². The molecule has 0 atom stereocenters. The summed E-state index contributed by atoms with van der Waals surface area (Å²) in [6, 6.07) is 25.0. The van der Waals surface area contributed by atoms with Gasteiger partial charge in [-0.05, 0) is 26.0 Å². The number of thioether (sulfide) groups is 1. The van der Waals surface area contributed by atoms with Crippen molar-refractivity contribution in [2.24, 2.45) is 0 Å². The minimum absolute atomic E-state index is 0.137. The van der Waals surface area contributed by atoms with E-state index in [-0.39, 0.29) is 11.7 Å². The fraction of sp³-hybridized carbons (Fsp3) is 0.185. The van der Waals surface area contributed by atoms with Crippen molar-refractivity contribution in [3.05, 3.63) is 78.9 Å². The maximum atomic E-state index is 12.6. The van der Waals surface area contributed by atoms with Crippen LogP contribution in [0.15, 0.2) is 84.0 Å². The Morgan fingerprint density at radius 2 is 1.43 bits per heavy atom. The second-order valence-corrected chi connectivity index (χ2v) is 8.33. The fourth-order valence-electron chi connectivity index (χ4n) is 3.42. The van der Waals surface area contributed by atoms with E-state index >= 15 is 0 Å².